The molecule has 1 saturated heterocycles. The maximum Gasteiger partial charge on any atom is 0.406 e. The molecule has 0 spiro atoms. The summed E-state index contributed by atoms with van der Waals surface area (Å²) in [4.78, 5) is 31.1. The number of aryl methyl sites for hydroxylation is 1. The molecule has 1 fully saturated rings. The second-order valence-electron chi connectivity index (χ2n) is 8.04. The third kappa shape index (κ3) is 5.85. The van der Waals surface area contributed by atoms with Gasteiger partial charge in [0.2, 0.25) is 0 Å². The largest absolute Gasteiger partial charge is 0.406 e. The molecule has 1 aliphatic heterocycles. The van der Waals surface area contributed by atoms with Gasteiger partial charge in [0.25, 0.3) is 0 Å². The van der Waals surface area contributed by atoms with Gasteiger partial charge in [0.15, 0.2) is 0 Å². The van der Waals surface area contributed by atoms with Crippen LogP contribution in [0.3, 0.4) is 0 Å². The van der Waals surface area contributed by atoms with Crippen molar-refractivity contribution in [2.45, 2.75) is 38.9 Å². The van der Waals surface area contributed by atoms with Crippen LogP contribution in [0.2, 0.25) is 0 Å². The molecule has 0 aromatic carbocycles. The molecular formula is C22H25F3N5O2+. The molecule has 2 heterocycles. The summed E-state index contributed by atoms with van der Waals surface area (Å²) in [6, 6.07) is 1.23. The van der Waals surface area contributed by atoms with Gasteiger partial charge in [-0.05, 0) is 37.3 Å². The summed E-state index contributed by atoms with van der Waals surface area (Å²) in [5.41, 5.74) is 7.64. The fourth-order valence-corrected chi connectivity index (χ4v) is 3.63. The Balaban J connectivity index is 1.72. The molecule has 0 radical (unpaired) electrons. The third-order valence-corrected chi connectivity index (χ3v) is 5.34. The topological polar surface area (TPSA) is 100 Å². The molecule has 2 amide bonds. The Kier molecular flexibility index (Phi) is 6.84. The van der Waals surface area contributed by atoms with Crippen LogP contribution in [0, 0.1) is 18.9 Å². The van der Waals surface area contributed by atoms with Gasteiger partial charge >= 0.3 is 18.0 Å². The van der Waals surface area contributed by atoms with E-state index < -0.39 is 30.6 Å². The van der Waals surface area contributed by atoms with Crippen molar-refractivity contribution >= 4 is 23.3 Å². The van der Waals surface area contributed by atoms with Crippen molar-refractivity contribution in [2.75, 3.05) is 24.1 Å². The normalized spacial score (nSPS) is 20.7. The van der Waals surface area contributed by atoms with Gasteiger partial charge in [-0.3, -0.25) is 9.59 Å². The van der Waals surface area contributed by atoms with Crippen molar-refractivity contribution in [1.29, 1.82) is 0 Å². The number of nitrogen functional groups attached to an aromatic ring is 1. The van der Waals surface area contributed by atoms with Crippen molar-refractivity contribution in [3.05, 3.63) is 53.4 Å². The number of halogens is 3. The Bertz CT molecular complexity index is 984. The van der Waals surface area contributed by atoms with E-state index in [-0.39, 0.29) is 11.6 Å². The number of carbonyl (C=O) groups excluding carboxylic acids is 2. The number of pyridine rings is 1. The maximum atomic E-state index is 13.0. The molecule has 170 valence electrons. The molecule has 3 rings (SSSR count). The van der Waals surface area contributed by atoms with Crippen LogP contribution in [0.5, 0.6) is 0 Å². The number of amides is 2. The zero-order valence-corrected chi connectivity index (χ0v) is 17.8. The first-order valence-electron chi connectivity index (χ1n) is 10.2. The van der Waals surface area contributed by atoms with Gasteiger partial charge in [-0.2, -0.15) is 13.2 Å². The predicted octanol–water partition coefficient (Wildman–Crippen LogP) is 2.87. The minimum Gasteiger partial charge on any atom is -0.383 e. The lowest BCUT2D eigenvalue weighted by atomic mass is 9.88. The smallest absolute Gasteiger partial charge is 0.383 e. The van der Waals surface area contributed by atoms with E-state index in [0.717, 1.165) is 6.42 Å². The first-order valence-corrected chi connectivity index (χ1v) is 10.2. The lowest BCUT2D eigenvalue weighted by Crippen LogP contribution is -2.51. The van der Waals surface area contributed by atoms with Crippen molar-refractivity contribution < 1.29 is 22.8 Å². The van der Waals surface area contributed by atoms with E-state index in [9.17, 15) is 22.8 Å². The van der Waals surface area contributed by atoms with E-state index in [1.165, 1.54) is 23.2 Å². The van der Waals surface area contributed by atoms with Crippen LogP contribution < -0.4 is 16.4 Å². The molecule has 1 aromatic rings. The number of piperidine rings is 1. The summed E-state index contributed by atoms with van der Waals surface area (Å²) in [5, 5.41) is 4.85. The number of nitrogens with zero attached hydrogens (tertiary/aromatic N) is 2. The molecule has 0 bridgehead atoms. The fraction of sp³-hybridized carbons (Fsp3) is 0.409. The number of anilines is 2. The van der Waals surface area contributed by atoms with E-state index in [2.05, 4.69) is 21.7 Å². The Morgan fingerprint density at radius 2 is 2.06 bits per heavy atom. The fourth-order valence-electron chi connectivity index (χ4n) is 3.63. The highest BCUT2D eigenvalue weighted by atomic mass is 19.4. The number of likely N-dealkylation sites (tertiary alicyclic amines) is 1. The molecule has 1 aliphatic carbocycles. The highest BCUT2D eigenvalue weighted by molar-refractivity contribution is 6.39. The summed E-state index contributed by atoms with van der Waals surface area (Å²) in [5.74, 6) is -0.943. The zero-order valence-electron chi connectivity index (χ0n) is 17.8. The Hall–Kier alpha value is -3.39. The molecule has 0 saturated carbocycles. The monoisotopic (exact) mass is 448 g/mol. The van der Waals surface area contributed by atoms with Gasteiger partial charge < -0.3 is 21.3 Å². The number of nitrogens with two attached hydrogens (primary N) is 1. The number of allylic oxidation sites excluding steroid dienone is 3. The van der Waals surface area contributed by atoms with Crippen LogP contribution in [0.25, 0.3) is 0 Å². The second kappa shape index (κ2) is 9.40. The molecule has 1 aromatic heterocycles. The molecule has 10 heteroatoms. The molecule has 4 N–H and O–H groups in total. The quantitative estimate of drug-likeness (QED) is 0.486. The van der Waals surface area contributed by atoms with E-state index in [1.807, 2.05) is 6.92 Å². The Morgan fingerprint density at radius 1 is 1.31 bits per heavy atom. The van der Waals surface area contributed by atoms with Gasteiger partial charge in [0.05, 0.1) is 30.1 Å². The SMILES string of the molecule is Cc1cc(NC(=O)C(=O)N2C[C@H](C)CC[C@H]2C2=[C+]C=C(NCC(F)(F)F)C=C2)cnc1N. The average Bonchev–Trinajstić information content (AvgIpc) is 2.74. The zero-order chi connectivity index (χ0) is 23.5. The van der Waals surface area contributed by atoms with Crippen molar-refractivity contribution in [3.8, 4) is 0 Å². The molecule has 7 nitrogen and oxygen atoms in total. The summed E-state index contributed by atoms with van der Waals surface area (Å²) in [6.45, 7) is 2.98. The second-order valence-corrected chi connectivity index (χ2v) is 8.04. The average molecular weight is 448 g/mol. The molecular weight excluding hydrogens is 423 g/mol. The number of alkyl halides is 3. The first-order chi connectivity index (χ1) is 15.0. The van der Waals surface area contributed by atoms with E-state index in [0.29, 0.717) is 35.6 Å². The van der Waals surface area contributed by atoms with E-state index >= 15 is 0 Å². The molecule has 0 unspecified atom stereocenters. The summed E-state index contributed by atoms with van der Waals surface area (Å²) in [6.07, 6.45) is 6.05. The lowest BCUT2D eigenvalue weighted by molar-refractivity contribution is -0.145. The number of aromatic nitrogens is 1. The van der Waals surface area contributed by atoms with E-state index in [4.69, 9.17) is 5.73 Å². The van der Waals surface area contributed by atoms with Gasteiger partial charge in [0, 0.05) is 12.6 Å². The molecule has 2 atom stereocenters. The van der Waals surface area contributed by atoms with Crippen LogP contribution in [0.4, 0.5) is 24.7 Å². The highest BCUT2D eigenvalue weighted by Crippen LogP contribution is 2.29. The summed E-state index contributed by atoms with van der Waals surface area (Å²) < 4.78 is 37.2. The van der Waals surface area contributed by atoms with Crippen LogP contribution >= 0.6 is 0 Å². The number of carbonyl (C=O) groups is 2. The molecule has 2 aliphatic rings. The van der Waals surface area contributed by atoms with Crippen LogP contribution in [0.15, 0.2) is 41.8 Å². The van der Waals surface area contributed by atoms with Crippen molar-refractivity contribution in [3.63, 3.8) is 0 Å². The van der Waals surface area contributed by atoms with Crippen LogP contribution in [-0.2, 0) is 9.59 Å². The Morgan fingerprint density at radius 3 is 2.69 bits per heavy atom. The number of rotatable bonds is 4. The van der Waals surface area contributed by atoms with E-state index in [1.54, 1.807) is 19.1 Å². The van der Waals surface area contributed by atoms with Crippen molar-refractivity contribution in [2.24, 2.45) is 5.92 Å². The number of hydrogen-bond acceptors (Lipinski definition) is 5. The maximum absolute atomic E-state index is 13.0. The third-order valence-electron chi connectivity index (χ3n) is 5.34. The van der Waals surface area contributed by atoms with Crippen LogP contribution in [-0.4, -0.2) is 47.0 Å². The summed E-state index contributed by atoms with van der Waals surface area (Å²) >= 11 is 0. The van der Waals surface area contributed by atoms with Crippen molar-refractivity contribution in [1.82, 2.24) is 15.2 Å². The minimum atomic E-state index is -4.33. The first kappa shape index (κ1) is 23.3. The Labute approximate surface area is 184 Å². The van der Waals surface area contributed by atoms with Gasteiger partial charge in [-0.1, -0.05) is 6.92 Å². The number of nitrogens with one attached hydrogen (secondary N) is 2. The van der Waals surface area contributed by atoms with Gasteiger partial charge in [-0.15, -0.1) is 0 Å². The minimum absolute atomic E-state index is 0.205. The molecule has 32 heavy (non-hydrogen) atoms. The standard InChI is InChI=1S/C22H24F3N5O2/c1-13-3-8-18(15-4-6-16(7-5-15)28-12-22(23,24)25)30(11-13)21(32)20(31)29-17-9-14(2)19(26)27-10-17/h4,6-7,9-10,13,18,28H,3,8,11-12H2,1-2H3,(H2-,26,27,29,31,32)/p+1/t13-,18+/m1/s1. The number of hydrogen-bond donors (Lipinski definition) is 3. The highest BCUT2D eigenvalue weighted by Gasteiger charge is 2.37. The lowest BCUT2D eigenvalue weighted by Gasteiger charge is -2.37. The predicted molar refractivity (Wildman–Crippen MR) is 114 cm³/mol. The van der Waals surface area contributed by atoms with Gasteiger partial charge in [-0.25, -0.2) is 4.98 Å². The van der Waals surface area contributed by atoms with Gasteiger partial charge in [0.1, 0.15) is 29.7 Å². The summed E-state index contributed by atoms with van der Waals surface area (Å²) in [7, 11) is 0. The van der Waals surface area contributed by atoms with Crippen LogP contribution in [0.1, 0.15) is 25.3 Å².